The van der Waals surface area contributed by atoms with Crippen molar-refractivity contribution in [1.82, 2.24) is 5.32 Å². The summed E-state index contributed by atoms with van der Waals surface area (Å²) in [6.45, 7) is 4.64. The summed E-state index contributed by atoms with van der Waals surface area (Å²) in [6.07, 6.45) is 4.72. The molecule has 0 rings (SSSR count). The molecule has 0 radical (unpaired) electrons. The SMILES string of the molecule is CCCCCCN[C@@H](C)C(=O)O.Cl. The molecule has 4 heteroatoms. The van der Waals surface area contributed by atoms with Crippen molar-refractivity contribution in [2.45, 2.75) is 45.6 Å². The lowest BCUT2D eigenvalue weighted by Crippen LogP contribution is -2.34. The van der Waals surface area contributed by atoms with Crippen LogP contribution in [0.25, 0.3) is 0 Å². The van der Waals surface area contributed by atoms with Crippen LogP contribution in [-0.4, -0.2) is 23.7 Å². The molecule has 0 aliphatic carbocycles. The number of unbranched alkanes of at least 4 members (excludes halogenated alkanes) is 3. The van der Waals surface area contributed by atoms with E-state index in [-0.39, 0.29) is 12.4 Å². The molecule has 0 saturated heterocycles. The van der Waals surface area contributed by atoms with Crippen molar-refractivity contribution in [2.75, 3.05) is 6.54 Å². The van der Waals surface area contributed by atoms with Gasteiger partial charge in [-0.3, -0.25) is 4.79 Å². The Kier molecular flexibility index (Phi) is 11.5. The number of carboxylic acid groups (broad SMARTS) is 1. The highest BCUT2D eigenvalue weighted by molar-refractivity contribution is 5.85. The molecule has 13 heavy (non-hydrogen) atoms. The predicted molar refractivity (Wildman–Crippen MR) is 56.5 cm³/mol. The van der Waals surface area contributed by atoms with E-state index in [9.17, 15) is 4.79 Å². The summed E-state index contributed by atoms with van der Waals surface area (Å²) < 4.78 is 0. The van der Waals surface area contributed by atoms with Gasteiger partial charge in [-0.05, 0) is 19.9 Å². The van der Waals surface area contributed by atoms with Gasteiger partial charge < -0.3 is 10.4 Å². The molecule has 0 amide bonds. The number of halogens is 1. The van der Waals surface area contributed by atoms with Crippen LogP contribution in [0.15, 0.2) is 0 Å². The highest BCUT2D eigenvalue weighted by atomic mass is 35.5. The number of carboxylic acids is 1. The van der Waals surface area contributed by atoms with Crippen molar-refractivity contribution in [1.29, 1.82) is 0 Å². The lowest BCUT2D eigenvalue weighted by atomic mass is 10.2. The van der Waals surface area contributed by atoms with E-state index >= 15 is 0 Å². The maximum Gasteiger partial charge on any atom is 0.320 e. The van der Waals surface area contributed by atoms with Crippen LogP contribution in [0.4, 0.5) is 0 Å². The topological polar surface area (TPSA) is 49.3 Å². The Morgan fingerprint density at radius 2 is 2.00 bits per heavy atom. The Labute approximate surface area is 86.3 Å². The van der Waals surface area contributed by atoms with E-state index in [1.165, 1.54) is 19.3 Å². The average Bonchev–Trinajstić information content (AvgIpc) is 2.03. The minimum atomic E-state index is -0.773. The van der Waals surface area contributed by atoms with Gasteiger partial charge in [0.2, 0.25) is 0 Å². The second-order valence-corrected chi connectivity index (χ2v) is 3.07. The van der Waals surface area contributed by atoms with Gasteiger partial charge >= 0.3 is 5.97 Å². The Morgan fingerprint density at radius 3 is 2.46 bits per heavy atom. The first-order valence-corrected chi connectivity index (χ1v) is 4.64. The van der Waals surface area contributed by atoms with Crippen molar-refractivity contribution < 1.29 is 9.90 Å². The maximum atomic E-state index is 10.4. The maximum absolute atomic E-state index is 10.4. The normalized spacial score (nSPS) is 11.8. The zero-order chi connectivity index (χ0) is 9.40. The minimum absolute atomic E-state index is 0. The second-order valence-electron chi connectivity index (χ2n) is 3.07. The Hall–Kier alpha value is -0.280. The first-order chi connectivity index (χ1) is 5.68. The highest BCUT2D eigenvalue weighted by Gasteiger charge is 2.07. The zero-order valence-corrected chi connectivity index (χ0v) is 9.19. The lowest BCUT2D eigenvalue weighted by molar-refractivity contribution is -0.138. The second kappa shape index (κ2) is 9.81. The van der Waals surface area contributed by atoms with E-state index < -0.39 is 12.0 Å². The van der Waals surface area contributed by atoms with E-state index in [2.05, 4.69) is 12.2 Å². The number of hydrogen-bond donors (Lipinski definition) is 2. The van der Waals surface area contributed by atoms with E-state index in [0.717, 1.165) is 13.0 Å². The summed E-state index contributed by atoms with van der Waals surface area (Å²) in [4.78, 5) is 10.4. The number of aliphatic carboxylic acids is 1. The average molecular weight is 210 g/mol. The third-order valence-corrected chi connectivity index (χ3v) is 1.85. The monoisotopic (exact) mass is 209 g/mol. The van der Waals surface area contributed by atoms with E-state index in [1.807, 2.05) is 0 Å². The molecule has 2 N–H and O–H groups in total. The fourth-order valence-electron chi connectivity index (χ4n) is 0.958. The Balaban J connectivity index is 0. The van der Waals surface area contributed by atoms with Crippen LogP contribution in [0.5, 0.6) is 0 Å². The molecule has 0 spiro atoms. The molecule has 0 saturated carbocycles. The largest absolute Gasteiger partial charge is 0.480 e. The van der Waals surface area contributed by atoms with Crippen LogP contribution in [0.2, 0.25) is 0 Å². The van der Waals surface area contributed by atoms with Crippen LogP contribution >= 0.6 is 12.4 Å². The predicted octanol–water partition coefficient (Wildman–Crippen LogP) is 2.05. The van der Waals surface area contributed by atoms with Gasteiger partial charge in [-0.2, -0.15) is 0 Å². The van der Waals surface area contributed by atoms with Crippen molar-refractivity contribution in [3.8, 4) is 0 Å². The summed E-state index contributed by atoms with van der Waals surface area (Å²) in [5.41, 5.74) is 0. The fraction of sp³-hybridized carbons (Fsp3) is 0.889. The van der Waals surface area contributed by atoms with Gasteiger partial charge in [0.15, 0.2) is 0 Å². The number of carbonyl (C=O) groups is 1. The van der Waals surface area contributed by atoms with Gasteiger partial charge in [-0.25, -0.2) is 0 Å². The summed E-state index contributed by atoms with van der Waals surface area (Å²) in [5, 5.41) is 11.5. The van der Waals surface area contributed by atoms with Gasteiger partial charge in [0, 0.05) is 0 Å². The minimum Gasteiger partial charge on any atom is -0.480 e. The third-order valence-electron chi connectivity index (χ3n) is 1.85. The lowest BCUT2D eigenvalue weighted by Gasteiger charge is -2.07. The first-order valence-electron chi connectivity index (χ1n) is 4.64. The molecular formula is C9H20ClNO2. The summed E-state index contributed by atoms with van der Waals surface area (Å²) in [5.74, 6) is -0.773. The van der Waals surface area contributed by atoms with Crippen molar-refractivity contribution in [3.63, 3.8) is 0 Å². The molecule has 3 nitrogen and oxygen atoms in total. The van der Waals surface area contributed by atoms with Gasteiger partial charge in [0.25, 0.3) is 0 Å². The summed E-state index contributed by atoms with van der Waals surface area (Å²) in [6, 6.07) is -0.411. The van der Waals surface area contributed by atoms with Crippen molar-refractivity contribution in [3.05, 3.63) is 0 Å². The highest BCUT2D eigenvalue weighted by Crippen LogP contribution is 1.97. The van der Waals surface area contributed by atoms with E-state index in [0.29, 0.717) is 0 Å². The Morgan fingerprint density at radius 1 is 1.38 bits per heavy atom. The number of hydrogen-bond acceptors (Lipinski definition) is 2. The molecule has 0 aliphatic rings. The number of rotatable bonds is 7. The molecule has 0 aliphatic heterocycles. The van der Waals surface area contributed by atoms with Gasteiger partial charge in [-0.15, -0.1) is 12.4 Å². The quantitative estimate of drug-likeness (QED) is 0.631. The molecule has 0 aromatic carbocycles. The number of nitrogens with one attached hydrogen (secondary N) is 1. The van der Waals surface area contributed by atoms with Crippen LogP contribution in [-0.2, 0) is 4.79 Å². The van der Waals surface area contributed by atoms with Gasteiger partial charge in [0.1, 0.15) is 6.04 Å². The fourth-order valence-corrected chi connectivity index (χ4v) is 0.958. The van der Waals surface area contributed by atoms with Crippen molar-refractivity contribution >= 4 is 18.4 Å². The van der Waals surface area contributed by atoms with Crippen LogP contribution in [0, 0.1) is 0 Å². The van der Waals surface area contributed by atoms with Crippen LogP contribution in [0.1, 0.15) is 39.5 Å². The van der Waals surface area contributed by atoms with Gasteiger partial charge in [-0.1, -0.05) is 26.2 Å². The molecule has 0 aromatic heterocycles. The van der Waals surface area contributed by atoms with Gasteiger partial charge in [0.05, 0.1) is 0 Å². The smallest absolute Gasteiger partial charge is 0.320 e. The molecule has 0 fully saturated rings. The molecule has 0 bridgehead atoms. The van der Waals surface area contributed by atoms with Crippen LogP contribution in [0.3, 0.4) is 0 Å². The molecular weight excluding hydrogens is 190 g/mol. The molecule has 0 heterocycles. The molecule has 0 aromatic rings. The van der Waals surface area contributed by atoms with E-state index in [1.54, 1.807) is 6.92 Å². The van der Waals surface area contributed by atoms with Crippen LogP contribution < -0.4 is 5.32 Å². The standard InChI is InChI=1S/C9H19NO2.ClH/c1-3-4-5-6-7-10-8(2)9(11)12;/h8,10H,3-7H2,1-2H3,(H,11,12);1H/t8-;/m0./s1. The zero-order valence-electron chi connectivity index (χ0n) is 8.38. The first kappa shape index (κ1) is 15.2. The summed E-state index contributed by atoms with van der Waals surface area (Å²) >= 11 is 0. The molecule has 0 unspecified atom stereocenters. The molecule has 80 valence electrons. The molecule has 1 atom stereocenters. The van der Waals surface area contributed by atoms with Crippen molar-refractivity contribution in [2.24, 2.45) is 0 Å². The Bertz CT molecular complexity index is 131. The third kappa shape index (κ3) is 9.64. The van der Waals surface area contributed by atoms with E-state index in [4.69, 9.17) is 5.11 Å². The summed E-state index contributed by atoms with van der Waals surface area (Å²) in [7, 11) is 0.